The highest BCUT2D eigenvalue weighted by atomic mass is 19.1. The zero-order valence-corrected chi connectivity index (χ0v) is 17.9. The van der Waals surface area contributed by atoms with E-state index in [4.69, 9.17) is 5.73 Å². The zero-order chi connectivity index (χ0) is 23.1. The fraction of sp³-hybridized carbons (Fsp3) is 0.261. The van der Waals surface area contributed by atoms with Crippen molar-refractivity contribution in [3.05, 3.63) is 66.6 Å². The molecule has 10 heteroatoms. The second-order valence-corrected chi connectivity index (χ2v) is 8.29. The lowest BCUT2D eigenvalue weighted by atomic mass is 9.92. The van der Waals surface area contributed by atoms with Crippen LogP contribution in [0.3, 0.4) is 0 Å². The van der Waals surface area contributed by atoms with E-state index in [-0.39, 0.29) is 23.2 Å². The fourth-order valence-corrected chi connectivity index (χ4v) is 4.24. The summed E-state index contributed by atoms with van der Waals surface area (Å²) in [6, 6.07) is 8.45. The van der Waals surface area contributed by atoms with Crippen molar-refractivity contribution in [3.63, 3.8) is 0 Å². The van der Waals surface area contributed by atoms with Gasteiger partial charge in [-0.3, -0.25) is 4.98 Å². The fourth-order valence-electron chi connectivity index (χ4n) is 4.24. The van der Waals surface area contributed by atoms with E-state index in [9.17, 15) is 13.9 Å². The number of halogens is 2. The number of piperidine rings is 1. The Labute approximate surface area is 188 Å². The lowest BCUT2D eigenvalue weighted by Crippen LogP contribution is -2.55. The lowest BCUT2D eigenvalue weighted by molar-refractivity contribution is 0.0785. The highest BCUT2D eigenvalue weighted by molar-refractivity contribution is 5.74. The number of rotatable bonds is 4. The molecule has 4 heterocycles. The minimum absolute atomic E-state index is 0.00177. The van der Waals surface area contributed by atoms with Crippen LogP contribution in [0.4, 0.5) is 26.1 Å². The van der Waals surface area contributed by atoms with Crippen LogP contribution in [-0.2, 0) is 0 Å². The summed E-state index contributed by atoms with van der Waals surface area (Å²) < 4.78 is 30.1. The molecule has 4 N–H and O–H groups in total. The molecule has 170 valence electrons. The molecule has 1 aromatic carbocycles. The number of benzene rings is 1. The van der Waals surface area contributed by atoms with Gasteiger partial charge in [-0.25, -0.2) is 13.8 Å². The van der Waals surface area contributed by atoms with Crippen molar-refractivity contribution in [2.75, 3.05) is 23.3 Å². The predicted octanol–water partition coefficient (Wildman–Crippen LogP) is 2.96. The Bertz CT molecular complexity index is 1280. The predicted molar refractivity (Wildman–Crippen MR) is 121 cm³/mol. The SMILES string of the molecule is C[C@@H]1CN(c2ccncc2Nc2ncc3ccc(-c4c(F)cccc4F)nn23)C[C@@H](N)C1O. The van der Waals surface area contributed by atoms with E-state index in [1.807, 2.05) is 13.0 Å². The third kappa shape index (κ3) is 3.87. The molecule has 0 bridgehead atoms. The lowest BCUT2D eigenvalue weighted by Gasteiger charge is -2.40. The maximum Gasteiger partial charge on any atom is 0.229 e. The number of nitrogens with one attached hydrogen (secondary N) is 1. The minimum Gasteiger partial charge on any atom is -0.391 e. The maximum absolute atomic E-state index is 14.3. The molecule has 5 rings (SSSR count). The van der Waals surface area contributed by atoms with Crippen LogP contribution in [-0.4, -0.2) is 49.9 Å². The molecule has 0 amide bonds. The summed E-state index contributed by atoms with van der Waals surface area (Å²) in [6.07, 6.45) is 4.40. The molecule has 3 atom stereocenters. The Morgan fingerprint density at radius 2 is 1.88 bits per heavy atom. The van der Waals surface area contributed by atoms with E-state index in [0.717, 1.165) is 5.69 Å². The topological polar surface area (TPSA) is 105 Å². The van der Waals surface area contributed by atoms with Gasteiger partial charge in [0, 0.05) is 31.2 Å². The Hall–Kier alpha value is -3.63. The van der Waals surface area contributed by atoms with Gasteiger partial charge in [0.25, 0.3) is 0 Å². The number of aromatic nitrogens is 4. The zero-order valence-electron chi connectivity index (χ0n) is 17.9. The van der Waals surface area contributed by atoms with E-state index in [2.05, 4.69) is 25.3 Å². The molecule has 1 fully saturated rings. The first-order chi connectivity index (χ1) is 15.9. The molecule has 0 spiro atoms. The van der Waals surface area contributed by atoms with Crippen LogP contribution in [0.25, 0.3) is 16.8 Å². The standard InChI is InChI=1S/C23H23F2N7O/c1-13-11-31(12-17(26)22(13)33)20-7-8-27-10-19(20)29-23-28-9-14-5-6-18(30-32(14)23)21-15(24)3-2-4-16(21)25/h2-10,13,17,22,33H,11-12,26H2,1H3,(H,28,29)/t13-,17-,22?/m1/s1. The number of pyridine rings is 1. The molecule has 33 heavy (non-hydrogen) atoms. The van der Waals surface area contributed by atoms with Gasteiger partial charge >= 0.3 is 0 Å². The molecule has 1 aliphatic heterocycles. The van der Waals surface area contributed by atoms with Gasteiger partial charge in [0.15, 0.2) is 0 Å². The molecule has 0 saturated carbocycles. The van der Waals surface area contributed by atoms with E-state index >= 15 is 0 Å². The van der Waals surface area contributed by atoms with Crippen molar-refractivity contribution in [1.82, 2.24) is 19.6 Å². The molecule has 1 unspecified atom stereocenters. The van der Waals surface area contributed by atoms with Gasteiger partial charge in [-0.2, -0.15) is 9.61 Å². The van der Waals surface area contributed by atoms with E-state index in [0.29, 0.717) is 30.2 Å². The molecule has 0 aliphatic carbocycles. The third-order valence-corrected chi connectivity index (χ3v) is 5.95. The number of nitrogens with two attached hydrogens (primary N) is 1. The summed E-state index contributed by atoms with van der Waals surface area (Å²) in [5.74, 6) is -1.01. The molecular weight excluding hydrogens is 428 g/mol. The second-order valence-electron chi connectivity index (χ2n) is 8.29. The van der Waals surface area contributed by atoms with Crippen molar-refractivity contribution in [1.29, 1.82) is 0 Å². The van der Waals surface area contributed by atoms with Gasteiger partial charge in [0.05, 0.1) is 46.6 Å². The summed E-state index contributed by atoms with van der Waals surface area (Å²) in [6.45, 7) is 3.08. The van der Waals surface area contributed by atoms with Crippen molar-refractivity contribution in [2.45, 2.75) is 19.1 Å². The van der Waals surface area contributed by atoms with Crippen molar-refractivity contribution < 1.29 is 13.9 Å². The average Bonchev–Trinajstić information content (AvgIpc) is 3.19. The Morgan fingerprint density at radius 1 is 1.09 bits per heavy atom. The van der Waals surface area contributed by atoms with E-state index in [1.54, 1.807) is 30.7 Å². The van der Waals surface area contributed by atoms with Crippen molar-refractivity contribution in [3.8, 4) is 11.3 Å². The third-order valence-electron chi connectivity index (χ3n) is 5.95. The second kappa shape index (κ2) is 8.38. The van der Waals surface area contributed by atoms with Crippen LogP contribution < -0.4 is 16.0 Å². The van der Waals surface area contributed by atoms with Gasteiger partial charge < -0.3 is 21.1 Å². The smallest absolute Gasteiger partial charge is 0.229 e. The minimum atomic E-state index is -0.691. The van der Waals surface area contributed by atoms with Crippen LogP contribution in [0.15, 0.2) is 55.0 Å². The highest BCUT2D eigenvalue weighted by Gasteiger charge is 2.31. The molecule has 4 aromatic rings. The summed E-state index contributed by atoms with van der Waals surface area (Å²) >= 11 is 0. The summed E-state index contributed by atoms with van der Waals surface area (Å²) in [5.41, 5.74) is 8.27. The first-order valence-electron chi connectivity index (χ1n) is 10.6. The first kappa shape index (κ1) is 21.2. The van der Waals surface area contributed by atoms with Gasteiger partial charge in [0.1, 0.15) is 11.6 Å². The molecular formula is C23H23F2N7O. The summed E-state index contributed by atoms with van der Waals surface area (Å²) in [5, 5.41) is 17.9. The Balaban J connectivity index is 1.51. The van der Waals surface area contributed by atoms with Gasteiger partial charge in [-0.05, 0) is 30.3 Å². The average molecular weight is 451 g/mol. The monoisotopic (exact) mass is 451 g/mol. The Kier molecular flexibility index (Phi) is 5.39. The molecule has 1 aliphatic rings. The number of hydrogen-bond donors (Lipinski definition) is 3. The van der Waals surface area contributed by atoms with E-state index in [1.165, 1.54) is 22.7 Å². The van der Waals surface area contributed by atoms with Crippen LogP contribution in [0.2, 0.25) is 0 Å². The van der Waals surface area contributed by atoms with Crippen molar-refractivity contribution >= 4 is 22.8 Å². The summed E-state index contributed by atoms with van der Waals surface area (Å²) in [7, 11) is 0. The highest BCUT2D eigenvalue weighted by Crippen LogP contribution is 2.31. The van der Waals surface area contributed by atoms with Crippen LogP contribution in [0, 0.1) is 17.6 Å². The van der Waals surface area contributed by atoms with E-state index < -0.39 is 17.7 Å². The van der Waals surface area contributed by atoms with Gasteiger partial charge in [-0.15, -0.1) is 0 Å². The molecule has 0 radical (unpaired) electrons. The van der Waals surface area contributed by atoms with Crippen molar-refractivity contribution in [2.24, 2.45) is 11.7 Å². The van der Waals surface area contributed by atoms with Gasteiger partial charge in [0.2, 0.25) is 5.95 Å². The molecule has 8 nitrogen and oxygen atoms in total. The Morgan fingerprint density at radius 3 is 2.64 bits per heavy atom. The number of aliphatic hydroxyl groups is 1. The number of fused-ring (bicyclic) bond motifs is 1. The maximum atomic E-state index is 14.3. The summed E-state index contributed by atoms with van der Waals surface area (Å²) in [4.78, 5) is 10.7. The number of anilines is 3. The quantitative estimate of drug-likeness (QED) is 0.438. The van der Waals surface area contributed by atoms with Crippen LogP contribution >= 0.6 is 0 Å². The number of imidazole rings is 1. The number of nitrogens with zero attached hydrogens (tertiary/aromatic N) is 5. The van der Waals surface area contributed by atoms with Crippen LogP contribution in [0.5, 0.6) is 0 Å². The number of aliphatic hydroxyl groups excluding tert-OH is 1. The molecule has 1 saturated heterocycles. The normalized spacial score (nSPS) is 20.9. The largest absolute Gasteiger partial charge is 0.391 e. The van der Waals surface area contributed by atoms with Gasteiger partial charge in [-0.1, -0.05) is 13.0 Å². The van der Waals surface area contributed by atoms with Crippen LogP contribution in [0.1, 0.15) is 6.92 Å². The first-order valence-corrected chi connectivity index (χ1v) is 10.6. The molecule has 3 aromatic heterocycles. The number of hydrogen-bond acceptors (Lipinski definition) is 7.